The number of rotatable bonds is 10. The summed E-state index contributed by atoms with van der Waals surface area (Å²) in [7, 11) is 0. The molecule has 2 rings (SSSR count). The summed E-state index contributed by atoms with van der Waals surface area (Å²) in [5.74, 6) is -5.85. The first-order valence-corrected chi connectivity index (χ1v) is 10.5. The summed E-state index contributed by atoms with van der Waals surface area (Å²) in [5.41, 5.74) is -1.46. The molecule has 0 aliphatic heterocycles. The number of carboxylic acid groups (broad SMARTS) is 2. The number of amides is 2. The van der Waals surface area contributed by atoms with Crippen molar-refractivity contribution in [2.24, 2.45) is 0 Å². The summed E-state index contributed by atoms with van der Waals surface area (Å²) in [6, 6.07) is -3.57. The molecule has 33 heavy (non-hydrogen) atoms. The second-order valence-electron chi connectivity index (χ2n) is 8.72. The minimum Gasteiger partial charge on any atom is -0.481 e. The SMILES string of the molecule is CC1(OC(=O)NC(CC(=O)O)C(=O)OC(=O)C(CC(=O)O)NC(=O)OC2(C)CCC2)CCC1. The van der Waals surface area contributed by atoms with E-state index in [1.807, 2.05) is 10.6 Å². The summed E-state index contributed by atoms with van der Waals surface area (Å²) >= 11 is 0. The van der Waals surface area contributed by atoms with E-state index in [4.69, 9.17) is 19.7 Å². The van der Waals surface area contributed by atoms with Gasteiger partial charge < -0.3 is 35.1 Å². The number of alkyl carbamates (subject to hydrolysis) is 2. The number of hydrogen-bond donors (Lipinski definition) is 4. The van der Waals surface area contributed by atoms with Crippen LogP contribution in [0.1, 0.15) is 65.2 Å². The van der Waals surface area contributed by atoms with Crippen LogP contribution in [0, 0.1) is 0 Å². The highest BCUT2D eigenvalue weighted by molar-refractivity contribution is 5.96. The maximum absolute atomic E-state index is 12.4. The number of carboxylic acids is 2. The van der Waals surface area contributed by atoms with E-state index in [2.05, 4.69) is 4.74 Å². The molecule has 2 fully saturated rings. The number of esters is 2. The zero-order valence-electron chi connectivity index (χ0n) is 18.4. The van der Waals surface area contributed by atoms with Crippen molar-refractivity contribution in [2.75, 3.05) is 0 Å². The lowest BCUT2D eigenvalue weighted by Crippen LogP contribution is -2.51. The minimum absolute atomic E-state index is 0.602. The first-order chi connectivity index (χ1) is 15.3. The van der Waals surface area contributed by atoms with Crippen molar-refractivity contribution < 1.29 is 53.2 Å². The molecule has 0 heterocycles. The van der Waals surface area contributed by atoms with Crippen LogP contribution in [0.2, 0.25) is 0 Å². The quantitative estimate of drug-likeness (QED) is 0.202. The average Bonchev–Trinajstić information content (AvgIpc) is 2.63. The molecule has 0 aromatic carbocycles. The fourth-order valence-corrected chi connectivity index (χ4v) is 3.32. The molecule has 2 amide bonds. The zero-order chi connectivity index (χ0) is 24.8. The molecular formula is C20H28N2O11. The molecule has 0 bridgehead atoms. The molecule has 0 aromatic heterocycles. The predicted molar refractivity (Wildman–Crippen MR) is 107 cm³/mol. The van der Waals surface area contributed by atoms with Crippen molar-refractivity contribution in [3.8, 4) is 0 Å². The van der Waals surface area contributed by atoms with E-state index in [9.17, 15) is 28.8 Å². The number of hydrogen-bond acceptors (Lipinski definition) is 9. The Morgan fingerprint density at radius 2 is 1.06 bits per heavy atom. The Balaban J connectivity index is 1.99. The van der Waals surface area contributed by atoms with Crippen LogP contribution in [0.3, 0.4) is 0 Å². The summed E-state index contributed by atoms with van der Waals surface area (Å²) in [4.78, 5) is 71.0. The maximum atomic E-state index is 12.4. The molecule has 2 unspecified atom stereocenters. The molecule has 0 spiro atoms. The topological polar surface area (TPSA) is 195 Å². The fourth-order valence-electron chi connectivity index (χ4n) is 3.32. The molecule has 2 aliphatic carbocycles. The van der Waals surface area contributed by atoms with Crippen molar-refractivity contribution in [1.29, 1.82) is 0 Å². The maximum Gasteiger partial charge on any atom is 0.408 e. The van der Waals surface area contributed by atoms with E-state index in [0.717, 1.165) is 12.8 Å². The third kappa shape index (κ3) is 7.91. The van der Waals surface area contributed by atoms with Crippen LogP contribution in [-0.2, 0) is 33.4 Å². The Kier molecular flexibility index (Phi) is 8.23. The fraction of sp³-hybridized carbons (Fsp3) is 0.700. The van der Waals surface area contributed by atoms with Crippen molar-refractivity contribution in [2.45, 2.75) is 88.5 Å². The van der Waals surface area contributed by atoms with Gasteiger partial charge in [0.05, 0.1) is 12.8 Å². The van der Waals surface area contributed by atoms with Gasteiger partial charge in [-0.05, 0) is 52.4 Å². The standard InChI is InChI=1S/C20H28N2O11/c1-19(5-3-6-19)32-17(29)21-11(9-13(23)24)15(27)31-16(28)12(10-14(25)26)22-18(30)33-20(2)7-4-8-20/h11-12H,3-10H2,1-2H3,(H,21,29)(H,22,30)(H,23,24)(H,25,26). The van der Waals surface area contributed by atoms with Gasteiger partial charge in [0.1, 0.15) is 23.3 Å². The number of ether oxygens (including phenoxy) is 3. The van der Waals surface area contributed by atoms with E-state index < -0.39 is 72.2 Å². The monoisotopic (exact) mass is 472 g/mol. The van der Waals surface area contributed by atoms with Crippen LogP contribution in [0.5, 0.6) is 0 Å². The molecule has 184 valence electrons. The second-order valence-corrected chi connectivity index (χ2v) is 8.72. The number of carbonyl (C=O) groups is 6. The molecule has 13 nitrogen and oxygen atoms in total. The lowest BCUT2D eigenvalue weighted by molar-refractivity contribution is -0.165. The summed E-state index contributed by atoms with van der Waals surface area (Å²) < 4.78 is 14.9. The molecule has 2 saturated carbocycles. The molecule has 4 N–H and O–H groups in total. The van der Waals surface area contributed by atoms with Gasteiger partial charge in [-0.3, -0.25) is 9.59 Å². The van der Waals surface area contributed by atoms with E-state index >= 15 is 0 Å². The first kappa shape index (κ1) is 25.9. The van der Waals surface area contributed by atoms with Crippen LogP contribution in [0.4, 0.5) is 9.59 Å². The normalized spacial score (nSPS) is 19.3. The second kappa shape index (κ2) is 10.5. The Labute approximate surface area is 189 Å². The predicted octanol–water partition coefficient (Wildman–Crippen LogP) is 1.08. The molecule has 13 heteroatoms. The first-order valence-electron chi connectivity index (χ1n) is 10.5. The largest absolute Gasteiger partial charge is 0.481 e. The third-order valence-corrected chi connectivity index (χ3v) is 5.61. The molecule has 2 atom stereocenters. The Bertz CT molecular complexity index is 751. The van der Waals surface area contributed by atoms with Gasteiger partial charge in [0.25, 0.3) is 0 Å². The van der Waals surface area contributed by atoms with Crippen molar-refractivity contribution >= 4 is 36.1 Å². The Morgan fingerprint density at radius 3 is 1.30 bits per heavy atom. The summed E-state index contributed by atoms with van der Waals surface area (Å²) in [6.07, 6.45) is 0.127. The van der Waals surface area contributed by atoms with Crippen molar-refractivity contribution in [3.05, 3.63) is 0 Å². The summed E-state index contributed by atoms with van der Waals surface area (Å²) in [6.45, 7) is 3.35. The minimum atomic E-state index is -1.78. The highest BCUT2D eigenvalue weighted by Gasteiger charge is 2.39. The zero-order valence-corrected chi connectivity index (χ0v) is 18.4. The van der Waals surface area contributed by atoms with Gasteiger partial charge >= 0.3 is 36.1 Å². The van der Waals surface area contributed by atoms with Crippen LogP contribution >= 0.6 is 0 Å². The highest BCUT2D eigenvalue weighted by Crippen LogP contribution is 2.35. The summed E-state index contributed by atoms with van der Waals surface area (Å²) in [5, 5.41) is 22.1. The van der Waals surface area contributed by atoms with Gasteiger partial charge in [-0.15, -0.1) is 0 Å². The van der Waals surface area contributed by atoms with E-state index in [0.29, 0.717) is 25.7 Å². The van der Waals surface area contributed by atoms with E-state index in [1.165, 1.54) is 0 Å². The third-order valence-electron chi connectivity index (χ3n) is 5.61. The molecule has 2 aliphatic rings. The highest BCUT2D eigenvalue weighted by atomic mass is 16.6. The number of nitrogens with one attached hydrogen (secondary N) is 2. The van der Waals surface area contributed by atoms with Gasteiger partial charge in [0.2, 0.25) is 0 Å². The number of aliphatic carboxylic acids is 2. The average molecular weight is 472 g/mol. The number of carbonyl (C=O) groups excluding carboxylic acids is 4. The van der Waals surface area contributed by atoms with Crippen LogP contribution in [0.15, 0.2) is 0 Å². The Morgan fingerprint density at radius 1 is 0.727 bits per heavy atom. The van der Waals surface area contributed by atoms with E-state index in [1.54, 1.807) is 13.8 Å². The lowest BCUT2D eigenvalue weighted by Gasteiger charge is -2.37. The lowest BCUT2D eigenvalue weighted by atomic mass is 9.82. The molecular weight excluding hydrogens is 444 g/mol. The van der Waals surface area contributed by atoms with Gasteiger partial charge in [0, 0.05) is 0 Å². The van der Waals surface area contributed by atoms with Crippen molar-refractivity contribution in [1.82, 2.24) is 10.6 Å². The smallest absolute Gasteiger partial charge is 0.408 e. The van der Waals surface area contributed by atoms with Crippen molar-refractivity contribution in [3.63, 3.8) is 0 Å². The van der Waals surface area contributed by atoms with Gasteiger partial charge in [0.15, 0.2) is 0 Å². The van der Waals surface area contributed by atoms with Gasteiger partial charge in [-0.1, -0.05) is 0 Å². The Hall–Kier alpha value is -3.38. The van der Waals surface area contributed by atoms with Crippen LogP contribution < -0.4 is 10.6 Å². The van der Waals surface area contributed by atoms with Gasteiger partial charge in [-0.2, -0.15) is 0 Å². The van der Waals surface area contributed by atoms with Gasteiger partial charge in [-0.25, -0.2) is 19.2 Å². The van der Waals surface area contributed by atoms with Crippen LogP contribution in [0.25, 0.3) is 0 Å². The van der Waals surface area contributed by atoms with E-state index in [-0.39, 0.29) is 0 Å². The van der Waals surface area contributed by atoms with Crippen LogP contribution in [-0.4, -0.2) is 69.6 Å². The molecule has 0 aromatic rings. The molecule has 0 radical (unpaired) electrons. The molecule has 0 saturated heterocycles.